The van der Waals surface area contributed by atoms with Crippen LogP contribution in [0.2, 0.25) is 0 Å². The molecule has 6 heteroatoms. The van der Waals surface area contributed by atoms with Crippen molar-refractivity contribution in [3.8, 4) is 56.3 Å². The summed E-state index contributed by atoms with van der Waals surface area (Å²) in [6.07, 6.45) is 2.97. The van der Waals surface area contributed by atoms with Crippen molar-refractivity contribution in [1.29, 1.82) is 0 Å². The molecule has 1 N–H and O–H groups in total. The number of aromatic nitrogens is 3. The second kappa shape index (κ2) is 16.6. The van der Waals surface area contributed by atoms with Crippen LogP contribution in [0.25, 0.3) is 94.3 Å². The first kappa shape index (κ1) is 48.3. The van der Waals surface area contributed by atoms with E-state index in [4.69, 9.17) is 14.4 Å². The molecule has 362 valence electrons. The van der Waals surface area contributed by atoms with Gasteiger partial charge in [-0.15, -0.1) is 29.3 Å². The fourth-order valence-corrected chi connectivity index (χ4v) is 11.7. The number of fused-ring (bicyclic) bond motifs is 8. The molecule has 0 radical (unpaired) electrons. The Labute approximate surface area is 433 Å². The van der Waals surface area contributed by atoms with Crippen LogP contribution in [-0.4, -0.2) is 19.6 Å². The van der Waals surface area contributed by atoms with Gasteiger partial charge >= 0.3 is 0 Å². The Morgan fingerprint density at radius 3 is 1.99 bits per heavy atom. The van der Waals surface area contributed by atoms with E-state index in [9.17, 15) is 5.11 Å². The molecule has 0 fully saturated rings. The van der Waals surface area contributed by atoms with Crippen molar-refractivity contribution < 1.29 is 30.6 Å². The summed E-state index contributed by atoms with van der Waals surface area (Å²) < 4.78 is 9.16. The predicted octanol–water partition coefficient (Wildman–Crippen LogP) is 17.5. The molecule has 71 heavy (non-hydrogen) atoms. The van der Waals surface area contributed by atoms with Crippen molar-refractivity contribution in [1.82, 2.24) is 14.5 Å². The minimum absolute atomic E-state index is 0. The van der Waals surface area contributed by atoms with Gasteiger partial charge in [0, 0.05) is 60.2 Å². The summed E-state index contributed by atoms with van der Waals surface area (Å²) in [5.74, 6) is 0.920. The molecule has 1 aliphatic carbocycles. The number of phenols is 1. The third-order valence-corrected chi connectivity index (χ3v) is 15.1. The van der Waals surface area contributed by atoms with Crippen molar-refractivity contribution in [3.05, 3.63) is 167 Å². The molecule has 0 bridgehead atoms. The van der Waals surface area contributed by atoms with Gasteiger partial charge in [0.25, 0.3) is 0 Å². The zero-order chi connectivity index (χ0) is 49.4. The maximum absolute atomic E-state index is 12.5. The number of phenolic OH excluding ortho intramolecular Hbond substituents is 1. The number of furan rings is 1. The van der Waals surface area contributed by atoms with Crippen LogP contribution in [-0.2, 0) is 48.1 Å². The van der Waals surface area contributed by atoms with Crippen molar-refractivity contribution >= 4 is 43.7 Å². The van der Waals surface area contributed by atoms with Crippen LogP contribution in [0, 0.1) is 6.07 Å². The van der Waals surface area contributed by atoms with E-state index < -0.39 is 0 Å². The molecule has 0 unspecified atom stereocenters. The number of hydrogen-bond donors (Lipinski definition) is 1. The fraction of sp³-hybridized carbons (Fsp3) is 0.292. The molecule has 10 aromatic rings. The van der Waals surface area contributed by atoms with E-state index in [1.54, 1.807) is 0 Å². The number of rotatable bonds is 5. The molecule has 3 aromatic heterocycles. The first-order chi connectivity index (χ1) is 33.0. The van der Waals surface area contributed by atoms with Crippen molar-refractivity contribution in [2.24, 2.45) is 0 Å². The Balaban J connectivity index is 0.00000582. The molecule has 0 saturated heterocycles. The summed E-state index contributed by atoms with van der Waals surface area (Å²) in [7, 11) is 0. The van der Waals surface area contributed by atoms with Gasteiger partial charge in [-0.25, -0.2) is 4.98 Å². The Morgan fingerprint density at radius 1 is 0.620 bits per heavy atom. The molecule has 3 heterocycles. The van der Waals surface area contributed by atoms with Gasteiger partial charge in [0.1, 0.15) is 22.7 Å². The van der Waals surface area contributed by atoms with Crippen LogP contribution >= 0.6 is 0 Å². The fourth-order valence-electron chi connectivity index (χ4n) is 11.7. The van der Waals surface area contributed by atoms with Crippen LogP contribution < -0.4 is 0 Å². The standard InChI is InChI=1S/C65H64N3O2.Pt/c1-61(2,3)41-33-39(32-40(34-41)56-54-47-27-26-45-46(59(47)70-53(54)30-31-66-56)28-29-49-55(45)65(12,13)37-64(49,10)11)44-23-19-25-52-57(44)67-60(48-35-42(62(4,5)6)36-50(58(48)69)63(7,8)9)68(52)51-24-18-17-22-43(51)38-20-15-14-16-21-38;/h14-31,33-36,69H,37H2,1-13H3;/q-1;. The second-order valence-corrected chi connectivity index (χ2v) is 24.3. The average molecular weight is 1110 g/mol. The zero-order valence-electron chi connectivity index (χ0n) is 43.4. The van der Waals surface area contributed by atoms with E-state index in [2.05, 4.69) is 222 Å². The topological polar surface area (TPSA) is 64.1 Å². The summed E-state index contributed by atoms with van der Waals surface area (Å²) in [5.41, 5.74) is 16.3. The summed E-state index contributed by atoms with van der Waals surface area (Å²) in [5, 5.41) is 17.0. The molecule has 0 atom stereocenters. The molecule has 1 aliphatic rings. The monoisotopic (exact) mass is 1110 g/mol. The number of para-hydroxylation sites is 2. The van der Waals surface area contributed by atoms with Crippen molar-refractivity contribution in [2.45, 2.75) is 124 Å². The summed E-state index contributed by atoms with van der Waals surface area (Å²) in [6, 6.07) is 49.4. The minimum Gasteiger partial charge on any atom is -0.507 e. The van der Waals surface area contributed by atoms with Crippen LogP contribution in [0.3, 0.4) is 0 Å². The molecule has 0 spiro atoms. The Kier molecular flexibility index (Phi) is 11.3. The van der Waals surface area contributed by atoms with Crippen molar-refractivity contribution in [2.75, 3.05) is 0 Å². The first-order valence-electron chi connectivity index (χ1n) is 24.9. The molecular weight excluding hydrogens is 1050 g/mol. The Bertz CT molecular complexity index is 3760. The minimum atomic E-state index is -0.332. The van der Waals surface area contributed by atoms with Crippen LogP contribution in [0.4, 0.5) is 0 Å². The maximum Gasteiger partial charge on any atom is 0.148 e. The van der Waals surface area contributed by atoms with Crippen LogP contribution in [0.5, 0.6) is 5.75 Å². The predicted molar refractivity (Wildman–Crippen MR) is 293 cm³/mol. The van der Waals surface area contributed by atoms with Crippen molar-refractivity contribution in [3.63, 3.8) is 0 Å². The van der Waals surface area contributed by atoms with E-state index in [1.165, 1.54) is 16.5 Å². The van der Waals surface area contributed by atoms with Gasteiger partial charge in [0.05, 0.1) is 22.3 Å². The summed E-state index contributed by atoms with van der Waals surface area (Å²) >= 11 is 0. The van der Waals surface area contributed by atoms with Gasteiger partial charge in [0.2, 0.25) is 0 Å². The quantitative estimate of drug-likeness (QED) is 0.174. The van der Waals surface area contributed by atoms with Gasteiger partial charge in [-0.1, -0.05) is 192 Å². The van der Waals surface area contributed by atoms with E-state index in [1.807, 2.05) is 12.3 Å². The third-order valence-electron chi connectivity index (χ3n) is 15.1. The number of pyridine rings is 1. The Hall–Kier alpha value is -6.29. The van der Waals surface area contributed by atoms with E-state index in [0.717, 1.165) is 101 Å². The number of aromatic hydroxyl groups is 1. The van der Waals surface area contributed by atoms with E-state index in [0.29, 0.717) is 11.4 Å². The van der Waals surface area contributed by atoms with Crippen LogP contribution in [0.15, 0.2) is 138 Å². The average Bonchev–Trinajstić information content (AvgIpc) is 3.95. The third kappa shape index (κ3) is 7.95. The van der Waals surface area contributed by atoms with Gasteiger partial charge in [-0.05, 0) is 85.4 Å². The molecule has 0 amide bonds. The normalized spacial score (nSPS) is 14.7. The number of hydrogen-bond acceptors (Lipinski definition) is 4. The maximum atomic E-state index is 12.5. The van der Waals surface area contributed by atoms with Gasteiger partial charge in [-0.2, -0.15) is 0 Å². The summed E-state index contributed by atoms with van der Waals surface area (Å²) in [4.78, 5) is 10.8. The molecule has 11 rings (SSSR count). The molecule has 5 nitrogen and oxygen atoms in total. The number of nitrogens with zero attached hydrogens (tertiary/aromatic N) is 3. The molecular formula is C65H64N3O2Pt-. The van der Waals surface area contributed by atoms with Gasteiger partial charge < -0.3 is 9.52 Å². The number of benzene rings is 7. The smallest absolute Gasteiger partial charge is 0.148 e. The summed E-state index contributed by atoms with van der Waals surface area (Å²) in [6.45, 7) is 29.5. The number of imidazole rings is 1. The first-order valence-corrected chi connectivity index (χ1v) is 24.9. The molecule has 7 aromatic carbocycles. The SMILES string of the molecule is CC(C)(C)c1cc(-c2cccc3c2nc(-c2cc(C(C)(C)C)cc(C(C)(C)C)c2O)n3-c2ccccc2-c2ccccc2)[c-]c(-c2nccc3oc4c5ccc6c(c5ccc4c23)C(C)(C)CC6(C)C)c1.[Pt]. The van der Waals surface area contributed by atoms with E-state index >= 15 is 0 Å². The second-order valence-electron chi connectivity index (χ2n) is 24.3. The Morgan fingerprint density at radius 2 is 1.27 bits per heavy atom. The molecule has 0 saturated carbocycles. The van der Waals surface area contributed by atoms with Gasteiger partial charge in [-0.3, -0.25) is 9.55 Å². The zero-order valence-corrected chi connectivity index (χ0v) is 45.7. The van der Waals surface area contributed by atoms with Gasteiger partial charge in [0.15, 0.2) is 0 Å². The largest absolute Gasteiger partial charge is 0.507 e. The van der Waals surface area contributed by atoms with E-state index in [-0.39, 0.29) is 53.9 Å². The molecule has 0 aliphatic heterocycles. The van der Waals surface area contributed by atoms with Crippen LogP contribution in [0.1, 0.15) is 124 Å².